The summed E-state index contributed by atoms with van der Waals surface area (Å²) in [5, 5.41) is 9.44. The van der Waals surface area contributed by atoms with Gasteiger partial charge in [-0.25, -0.2) is 0 Å². The number of aliphatic hydroxyl groups is 1. The van der Waals surface area contributed by atoms with E-state index in [0.717, 1.165) is 25.7 Å². The summed E-state index contributed by atoms with van der Waals surface area (Å²) in [7, 11) is 0. The number of Topliss-reactive ketones (excluding diaryl/α,β-unsaturated/α-hetero) is 1. The van der Waals surface area contributed by atoms with Crippen molar-refractivity contribution in [1.82, 2.24) is 0 Å². The Morgan fingerprint density at radius 3 is 2.92 bits per heavy atom. The molecule has 2 fully saturated rings. The highest BCUT2D eigenvalue weighted by atomic mass is 16.3. The van der Waals surface area contributed by atoms with E-state index in [1.807, 2.05) is 6.92 Å². The van der Waals surface area contributed by atoms with Crippen LogP contribution in [0.4, 0.5) is 0 Å². The van der Waals surface area contributed by atoms with Gasteiger partial charge in [0.25, 0.3) is 0 Å². The van der Waals surface area contributed by atoms with E-state index in [9.17, 15) is 9.90 Å². The van der Waals surface area contributed by atoms with Gasteiger partial charge < -0.3 is 5.11 Å². The number of rotatable bonds is 0. The van der Waals surface area contributed by atoms with Crippen molar-refractivity contribution in [2.45, 2.75) is 45.1 Å². The SMILES string of the molecule is CC12CCCCC1CC(O)C2=O. The summed E-state index contributed by atoms with van der Waals surface area (Å²) in [6, 6.07) is 0. The molecule has 0 aromatic rings. The van der Waals surface area contributed by atoms with Crippen molar-refractivity contribution < 1.29 is 9.90 Å². The molecule has 0 saturated heterocycles. The van der Waals surface area contributed by atoms with Crippen molar-refractivity contribution >= 4 is 5.78 Å². The predicted molar refractivity (Wildman–Crippen MR) is 45.7 cm³/mol. The highest BCUT2D eigenvalue weighted by Crippen LogP contribution is 2.49. The zero-order chi connectivity index (χ0) is 8.77. The third-order valence-corrected chi connectivity index (χ3v) is 3.77. The third kappa shape index (κ3) is 0.939. The lowest BCUT2D eigenvalue weighted by atomic mass is 9.69. The lowest BCUT2D eigenvalue weighted by Gasteiger charge is -2.33. The zero-order valence-electron chi connectivity index (χ0n) is 7.55. The van der Waals surface area contributed by atoms with E-state index in [0.29, 0.717) is 5.92 Å². The lowest BCUT2D eigenvalue weighted by molar-refractivity contribution is -0.133. The Labute approximate surface area is 73.0 Å². The number of hydrogen-bond donors (Lipinski definition) is 1. The molecule has 0 aromatic heterocycles. The normalized spacial score (nSPS) is 47.7. The Morgan fingerprint density at radius 2 is 2.25 bits per heavy atom. The molecule has 0 bridgehead atoms. The Balaban J connectivity index is 2.25. The van der Waals surface area contributed by atoms with Crippen molar-refractivity contribution in [2.75, 3.05) is 0 Å². The first-order valence-corrected chi connectivity index (χ1v) is 4.87. The molecule has 3 unspecified atom stereocenters. The van der Waals surface area contributed by atoms with Crippen LogP contribution in [0.1, 0.15) is 39.0 Å². The largest absolute Gasteiger partial charge is 0.385 e. The molecule has 2 aliphatic rings. The smallest absolute Gasteiger partial charge is 0.167 e. The lowest BCUT2D eigenvalue weighted by Crippen LogP contribution is -2.33. The van der Waals surface area contributed by atoms with Crippen LogP contribution < -0.4 is 0 Å². The van der Waals surface area contributed by atoms with E-state index >= 15 is 0 Å². The summed E-state index contributed by atoms with van der Waals surface area (Å²) >= 11 is 0. The minimum Gasteiger partial charge on any atom is -0.385 e. The van der Waals surface area contributed by atoms with Gasteiger partial charge in [-0.15, -0.1) is 0 Å². The van der Waals surface area contributed by atoms with Crippen LogP contribution in [-0.2, 0) is 4.79 Å². The van der Waals surface area contributed by atoms with Crippen molar-refractivity contribution in [3.8, 4) is 0 Å². The van der Waals surface area contributed by atoms with Gasteiger partial charge in [-0.1, -0.05) is 19.8 Å². The molecule has 0 aromatic carbocycles. The van der Waals surface area contributed by atoms with Crippen LogP contribution in [0.2, 0.25) is 0 Å². The van der Waals surface area contributed by atoms with Crippen LogP contribution in [0.3, 0.4) is 0 Å². The van der Waals surface area contributed by atoms with Crippen molar-refractivity contribution in [2.24, 2.45) is 11.3 Å². The number of ketones is 1. The van der Waals surface area contributed by atoms with Crippen molar-refractivity contribution in [3.63, 3.8) is 0 Å². The van der Waals surface area contributed by atoms with Gasteiger partial charge in [0.15, 0.2) is 5.78 Å². The average molecular weight is 168 g/mol. The topological polar surface area (TPSA) is 37.3 Å². The number of hydrogen-bond acceptors (Lipinski definition) is 2. The fourth-order valence-corrected chi connectivity index (χ4v) is 2.87. The van der Waals surface area contributed by atoms with Crippen LogP contribution in [-0.4, -0.2) is 17.0 Å². The second-order valence-corrected chi connectivity index (χ2v) is 4.48. The van der Waals surface area contributed by atoms with Crippen LogP contribution in [0.25, 0.3) is 0 Å². The molecule has 0 aliphatic heterocycles. The number of carbonyl (C=O) groups is 1. The Bertz CT molecular complexity index is 212. The fraction of sp³-hybridized carbons (Fsp3) is 0.900. The molecule has 2 rings (SSSR count). The Hall–Kier alpha value is -0.370. The Kier molecular flexibility index (Phi) is 1.76. The first-order valence-electron chi connectivity index (χ1n) is 4.87. The summed E-state index contributed by atoms with van der Waals surface area (Å²) < 4.78 is 0. The van der Waals surface area contributed by atoms with Crippen LogP contribution in [0.5, 0.6) is 0 Å². The molecule has 0 heterocycles. The van der Waals surface area contributed by atoms with Crippen LogP contribution >= 0.6 is 0 Å². The molecule has 0 amide bonds. The maximum absolute atomic E-state index is 11.6. The molecule has 68 valence electrons. The van der Waals surface area contributed by atoms with Gasteiger partial charge in [0.05, 0.1) is 0 Å². The van der Waals surface area contributed by atoms with Gasteiger partial charge in [-0.2, -0.15) is 0 Å². The number of fused-ring (bicyclic) bond motifs is 1. The van der Waals surface area contributed by atoms with Gasteiger partial charge in [-0.05, 0) is 25.2 Å². The molecule has 2 nitrogen and oxygen atoms in total. The molecule has 12 heavy (non-hydrogen) atoms. The molecule has 3 atom stereocenters. The minimum atomic E-state index is -0.655. The van der Waals surface area contributed by atoms with E-state index in [-0.39, 0.29) is 11.2 Å². The third-order valence-electron chi connectivity index (χ3n) is 3.77. The maximum atomic E-state index is 11.6. The molecule has 0 spiro atoms. The van der Waals surface area contributed by atoms with Crippen molar-refractivity contribution in [3.05, 3.63) is 0 Å². The zero-order valence-corrected chi connectivity index (χ0v) is 7.55. The molecule has 1 N–H and O–H groups in total. The van der Waals surface area contributed by atoms with Gasteiger partial charge in [0, 0.05) is 5.41 Å². The molecule has 2 heteroatoms. The maximum Gasteiger partial charge on any atom is 0.167 e. The Morgan fingerprint density at radius 1 is 1.50 bits per heavy atom. The second-order valence-electron chi connectivity index (χ2n) is 4.48. The quantitative estimate of drug-likeness (QED) is 0.595. The van der Waals surface area contributed by atoms with E-state index in [4.69, 9.17) is 0 Å². The van der Waals surface area contributed by atoms with Crippen LogP contribution in [0.15, 0.2) is 0 Å². The summed E-state index contributed by atoms with van der Waals surface area (Å²) in [4.78, 5) is 11.6. The van der Waals surface area contributed by atoms with Crippen LogP contribution in [0, 0.1) is 11.3 Å². The second kappa shape index (κ2) is 2.56. The van der Waals surface area contributed by atoms with Crippen molar-refractivity contribution in [1.29, 1.82) is 0 Å². The average Bonchev–Trinajstić information content (AvgIpc) is 2.28. The van der Waals surface area contributed by atoms with E-state index in [2.05, 4.69) is 0 Å². The fourth-order valence-electron chi connectivity index (χ4n) is 2.87. The first kappa shape index (κ1) is 8.24. The summed E-state index contributed by atoms with van der Waals surface area (Å²) in [6.07, 6.45) is 4.59. The molecular weight excluding hydrogens is 152 g/mol. The number of carbonyl (C=O) groups excluding carboxylic acids is 1. The van der Waals surface area contributed by atoms with Gasteiger partial charge in [-0.3, -0.25) is 4.79 Å². The van der Waals surface area contributed by atoms with Gasteiger partial charge in [0.1, 0.15) is 6.10 Å². The minimum absolute atomic E-state index is 0.104. The highest BCUT2D eigenvalue weighted by Gasteiger charge is 2.51. The standard InChI is InChI=1S/C10H16O2/c1-10-5-3-2-4-7(10)6-8(11)9(10)12/h7-8,11H,2-6H2,1H3. The monoisotopic (exact) mass is 168 g/mol. The molecule has 2 saturated carbocycles. The molecule has 2 aliphatic carbocycles. The summed E-state index contributed by atoms with van der Waals surface area (Å²) in [5.74, 6) is 0.570. The summed E-state index contributed by atoms with van der Waals surface area (Å²) in [6.45, 7) is 2.04. The summed E-state index contributed by atoms with van der Waals surface area (Å²) in [5.41, 5.74) is -0.169. The first-order chi connectivity index (χ1) is 5.64. The number of aliphatic hydroxyl groups excluding tert-OH is 1. The molecular formula is C10H16O2. The van der Waals surface area contributed by atoms with E-state index < -0.39 is 6.10 Å². The van der Waals surface area contributed by atoms with Gasteiger partial charge >= 0.3 is 0 Å². The predicted octanol–water partition coefficient (Wildman–Crippen LogP) is 1.52. The van der Waals surface area contributed by atoms with E-state index in [1.54, 1.807) is 0 Å². The van der Waals surface area contributed by atoms with E-state index in [1.165, 1.54) is 6.42 Å². The highest BCUT2D eigenvalue weighted by molar-refractivity contribution is 5.91. The molecule has 0 radical (unpaired) electrons. The van der Waals surface area contributed by atoms with Gasteiger partial charge in [0.2, 0.25) is 0 Å².